The number of nitrogens with zero attached hydrogens (tertiary/aromatic N) is 1. The number of halogens is 1. The van der Waals surface area contributed by atoms with Crippen LogP contribution < -0.4 is 5.73 Å². The normalized spacial score (nSPS) is 21.3. The van der Waals surface area contributed by atoms with Crippen molar-refractivity contribution in [1.29, 1.82) is 0 Å². The molecule has 0 unspecified atom stereocenters. The molecule has 2 atom stereocenters. The van der Waals surface area contributed by atoms with Crippen LogP contribution in [0, 0.1) is 17.7 Å². The van der Waals surface area contributed by atoms with Crippen LogP contribution in [0.15, 0.2) is 36.4 Å². The Morgan fingerprint density at radius 2 is 2.18 bits per heavy atom. The molecule has 1 amide bonds. The summed E-state index contributed by atoms with van der Waals surface area (Å²) < 4.78 is 13.3. The van der Waals surface area contributed by atoms with E-state index in [4.69, 9.17) is 5.73 Å². The number of hydrogen-bond donors (Lipinski definition) is 1. The van der Waals surface area contributed by atoms with Crippen LogP contribution in [0.2, 0.25) is 0 Å². The number of nitrogens with two attached hydrogens (primary N) is 1. The maximum atomic E-state index is 13.3. The number of carbonyl (C=O) groups is 1. The summed E-state index contributed by atoms with van der Waals surface area (Å²) in [5.74, 6) is 0.608. The van der Waals surface area contributed by atoms with Crippen LogP contribution in [0.1, 0.15) is 16.6 Å². The molecule has 2 aromatic rings. The van der Waals surface area contributed by atoms with Crippen molar-refractivity contribution < 1.29 is 9.18 Å². The summed E-state index contributed by atoms with van der Waals surface area (Å²) in [6, 6.07) is 10.1. The van der Waals surface area contributed by atoms with E-state index in [0.717, 1.165) is 23.5 Å². The quantitative estimate of drug-likeness (QED) is 0.944. The third-order valence-corrected chi connectivity index (χ3v) is 5.41. The van der Waals surface area contributed by atoms with E-state index in [1.165, 1.54) is 23.5 Å². The van der Waals surface area contributed by atoms with E-state index in [1.54, 1.807) is 6.07 Å². The summed E-state index contributed by atoms with van der Waals surface area (Å²) in [5, 5.41) is 0. The van der Waals surface area contributed by atoms with Gasteiger partial charge in [0.05, 0.1) is 4.88 Å². The minimum absolute atomic E-state index is 0.0513. The Balaban J connectivity index is 1.78. The van der Waals surface area contributed by atoms with E-state index in [2.05, 4.69) is 6.92 Å². The fraction of sp³-hybridized carbons (Fsp3) is 0.353. The van der Waals surface area contributed by atoms with Gasteiger partial charge in [-0.05, 0) is 48.2 Å². The Bertz CT molecular complexity index is 685. The van der Waals surface area contributed by atoms with Crippen LogP contribution in [-0.4, -0.2) is 30.4 Å². The van der Waals surface area contributed by atoms with Crippen molar-refractivity contribution in [3.05, 3.63) is 47.1 Å². The molecule has 116 valence electrons. The molecule has 22 heavy (non-hydrogen) atoms. The summed E-state index contributed by atoms with van der Waals surface area (Å²) in [6.07, 6.45) is 0. The van der Waals surface area contributed by atoms with E-state index < -0.39 is 0 Å². The van der Waals surface area contributed by atoms with Gasteiger partial charge in [0.25, 0.3) is 5.91 Å². The smallest absolute Gasteiger partial charge is 0.263 e. The molecule has 0 spiro atoms. The monoisotopic (exact) mass is 318 g/mol. The topological polar surface area (TPSA) is 46.3 Å². The first-order chi connectivity index (χ1) is 10.6. The van der Waals surface area contributed by atoms with Gasteiger partial charge in [-0.3, -0.25) is 4.79 Å². The van der Waals surface area contributed by atoms with Crippen LogP contribution in [0.25, 0.3) is 10.4 Å². The van der Waals surface area contributed by atoms with Crippen molar-refractivity contribution in [2.75, 3.05) is 19.6 Å². The Morgan fingerprint density at radius 3 is 2.86 bits per heavy atom. The SMILES string of the molecule is C[C@@H]1CN(C(=O)c2ccc(-c3cccc(F)c3)s2)C[C@H]1CN. The predicted octanol–water partition coefficient (Wildman–Crippen LogP) is 3.22. The summed E-state index contributed by atoms with van der Waals surface area (Å²) in [4.78, 5) is 16.1. The van der Waals surface area contributed by atoms with Crippen molar-refractivity contribution in [2.45, 2.75) is 6.92 Å². The molecule has 3 nitrogen and oxygen atoms in total. The zero-order valence-corrected chi connectivity index (χ0v) is 13.3. The Hall–Kier alpha value is -1.72. The van der Waals surface area contributed by atoms with Crippen molar-refractivity contribution >= 4 is 17.2 Å². The van der Waals surface area contributed by atoms with Crippen molar-refractivity contribution in [2.24, 2.45) is 17.6 Å². The molecule has 2 heterocycles. The highest BCUT2D eigenvalue weighted by Gasteiger charge is 2.32. The summed E-state index contributed by atoms with van der Waals surface area (Å²) >= 11 is 1.41. The number of rotatable bonds is 3. The first kappa shape index (κ1) is 15.2. The first-order valence-electron chi connectivity index (χ1n) is 7.43. The van der Waals surface area contributed by atoms with E-state index in [0.29, 0.717) is 23.3 Å². The highest BCUT2D eigenvalue weighted by Crippen LogP contribution is 2.31. The zero-order valence-electron chi connectivity index (χ0n) is 12.5. The second-order valence-corrected chi connectivity index (χ2v) is 6.94. The number of carbonyl (C=O) groups excluding carboxylic acids is 1. The lowest BCUT2D eigenvalue weighted by molar-refractivity contribution is 0.0789. The molecule has 0 radical (unpaired) electrons. The predicted molar refractivity (Wildman–Crippen MR) is 87.3 cm³/mol. The molecule has 5 heteroatoms. The van der Waals surface area contributed by atoms with E-state index in [9.17, 15) is 9.18 Å². The van der Waals surface area contributed by atoms with Crippen LogP contribution >= 0.6 is 11.3 Å². The lowest BCUT2D eigenvalue weighted by Gasteiger charge is -2.14. The second-order valence-electron chi connectivity index (χ2n) is 5.86. The molecule has 0 saturated carbocycles. The van der Waals surface area contributed by atoms with Gasteiger partial charge in [0, 0.05) is 18.0 Å². The molecule has 0 aliphatic carbocycles. The standard InChI is InChI=1S/C17H19FN2OS/c1-11-9-20(10-13(11)8-19)17(21)16-6-5-15(22-16)12-3-2-4-14(18)7-12/h2-7,11,13H,8-10,19H2,1H3/t11-,13-/m1/s1. The number of hydrogen-bond acceptors (Lipinski definition) is 3. The molecule has 1 aromatic carbocycles. The average Bonchev–Trinajstić information content (AvgIpc) is 3.13. The third kappa shape index (κ3) is 2.91. The van der Waals surface area contributed by atoms with E-state index >= 15 is 0 Å². The molecule has 2 N–H and O–H groups in total. The zero-order chi connectivity index (χ0) is 15.7. The largest absolute Gasteiger partial charge is 0.337 e. The Labute approximate surface area is 133 Å². The first-order valence-corrected chi connectivity index (χ1v) is 8.25. The maximum absolute atomic E-state index is 13.3. The van der Waals surface area contributed by atoms with Gasteiger partial charge in [-0.1, -0.05) is 19.1 Å². The van der Waals surface area contributed by atoms with Crippen LogP contribution in [0.4, 0.5) is 4.39 Å². The molecule has 1 aromatic heterocycles. The minimum atomic E-state index is -0.266. The lowest BCUT2D eigenvalue weighted by Crippen LogP contribution is -2.29. The highest BCUT2D eigenvalue weighted by molar-refractivity contribution is 7.17. The van der Waals surface area contributed by atoms with Gasteiger partial charge >= 0.3 is 0 Å². The molecule has 0 bridgehead atoms. The Morgan fingerprint density at radius 1 is 1.36 bits per heavy atom. The van der Waals surface area contributed by atoms with Crippen LogP contribution in [0.5, 0.6) is 0 Å². The second kappa shape index (κ2) is 6.18. The van der Waals surface area contributed by atoms with Crippen molar-refractivity contribution in [3.8, 4) is 10.4 Å². The van der Waals surface area contributed by atoms with E-state index in [-0.39, 0.29) is 11.7 Å². The van der Waals surface area contributed by atoms with Gasteiger partial charge in [-0.2, -0.15) is 0 Å². The fourth-order valence-electron chi connectivity index (χ4n) is 2.91. The average molecular weight is 318 g/mol. The van der Waals surface area contributed by atoms with Gasteiger partial charge in [0.1, 0.15) is 5.82 Å². The van der Waals surface area contributed by atoms with Crippen molar-refractivity contribution in [1.82, 2.24) is 4.90 Å². The van der Waals surface area contributed by atoms with Gasteiger partial charge in [0.15, 0.2) is 0 Å². The molecule has 1 saturated heterocycles. The van der Waals surface area contributed by atoms with Crippen LogP contribution in [-0.2, 0) is 0 Å². The lowest BCUT2D eigenvalue weighted by atomic mass is 9.99. The fourth-order valence-corrected chi connectivity index (χ4v) is 3.88. The summed E-state index contributed by atoms with van der Waals surface area (Å²) in [5.41, 5.74) is 6.55. The number of benzene rings is 1. The number of amides is 1. The maximum Gasteiger partial charge on any atom is 0.263 e. The van der Waals surface area contributed by atoms with Gasteiger partial charge in [-0.25, -0.2) is 4.39 Å². The summed E-state index contributed by atoms with van der Waals surface area (Å²) in [7, 11) is 0. The van der Waals surface area contributed by atoms with Crippen molar-refractivity contribution in [3.63, 3.8) is 0 Å². The van der Waals surface area contributed by atoms with Crippen LogP contribution in [0.3, 0.4) is 0 Å². The highest BCUT2D eigenvalue weighted by atomic mass is 32.1. The molecule has 3 rings (SSSR count). The van der Waals surface area contributed by atoms with Gasteiger partial charge in [-0.15, -0.1) is 11.3 Å². The molecule has 1 fully saturated rings. The van der Waals surface area contributed by atoms with Gasteiger partial charge < -0.3 is 10.6 Å². The van der Waals surface area contributed by atoms with E-state index in [1.807, 2.05) is 23.1 Å². The minimum Gasteiger partial charge on any atom is -0.337 e. The number of thiophene rings is 1. The number of likely N-dealkylation sites (tertiary alicyclic amines) is 1. The third-order valence-electron chi connectivity index (χ3n) is 4.28. The summed E-state index contributed by atoms with van der Waals surface area (Å²) in [6.45, 7) is 4.24. The van der Waals surface area contributed by atoms with Gasteiger partial charge in [0.2, 0.25) is 0 Å². The molecular formula is C17H19FN2OS. The molecule has 1 aliphatic heterocycles. The molecule has 1 aliphatic rings. The Kier molecular flexibility index (Phi) is 4.27. The molecular weight excluding hydrogens is 299 g/mol.